The lowest BCUT2D eigenvalue weighted by Crippen LogP contribution is -2.33. The molecule has 4 N–H and O–H groups in total. The average Bonchev–Trinajstić information content (AvgIpc) is 3.23. The summed E-state index contributed by atoms with van der Waals surface area (Å²) in [5.74, 6) is 0.196. The molecule has 1 heterocycles. The molecule has 0 spiro atoms. The zero-order valence-corrected chi connectivity index (χ0v) is 18.9. The molecule has 31 heavy (non-hydrogen) atoms. The lowest BCUT2D eigenvalue weighted by atomic mass is 10.1. The Balaban J connectivity index is 1.74. The first-order valence-electron chi connectivity index (χ1n) is 8.91. The van der Waals surface area contributed by atoms with Crippen molar-refractivity contribution >= 4 is 55.6 Å². The highest BCUT2D eigenvalue weighted by Gasteiger charge is 2.16. The van der Waals surface area contributed by atoms with Crippen LogP contribution in [0.25, 0.3) is 5.57 Å². The summed E-state index contributed by atoms with van der Waals surface area (Å²) < 4.78 is 30.6. The molecule has 0 aliphatic heterocycles. The third-order valence-corrected chi connectivity index (χ3v) is 6.04. The van der Waals surface area contributed by atoms with Gasteiger partial charge in [-0.1, -0.05) is 48.0 Å². The molecular weight excluding hydrogens is 460 g/mol. The zero-order chi connectivity index (χ0) is 22.4. The van der Waals surface area contributed by atoms with E-state index in [-0.39, 0.29) is 11.0 Å². The van der Waals surface area contributed by atoms with E-state index in [1.165, 1.54) is 7.05 Å². The zero-order valence-electron chi connectivity index (χ0n) is 16.5. The van der Waals surface area contributed by atoms with Gasteiger partial charge in [-0.2, -0.15) is 9.36 Å². The molecule has 1 aromatic heterocycles. The second kappa shape index (κ2) is 9.88. The third-order valence-electron chi connectivity index (χ3n) is 3.96. The van der Waals surface area contributed by atoms with Gasteiger partial charge in [0.05, 0.1) is 16.1 Å². The molecule has 3 rings (SSSR count). The number of hydrogen-bond donors (Lipinski definition) is 4. The van der Waals surface area contributed by atoms with Gasteiger partial charge >= 0.3 is 6.03 Å². The van der Waals surface area contributed by atoms with E-state index >= 15 is 0 Å². The lowest BCUT2D eigenvalue weighted by molar-refractivity contribution is 0.254. The van der Waals surface area contributed by atoms with E-state index in [0.717, 1.165) is 22.5 Å². The molecule has 0 atom stereocenters. The Bertz CT molecular complexity index is 1210. The Hall–Kier alpha value is -2.99. The molecule has 9 nitrogen and oxygen atoms in total. The number of benzene rings is 2. The molecule has 0 aliphatic rings. The largest absolute Gasteiger partial charge is 0.337 e. The number of aryl methyl sites for hydroxylation is 1. The van der Waals surface area contributed by atoms with Gasteiger partial charge in [-0.05, 0) is 37.2 Å². The number of hydrogen-bond acceptors (Lipinski definition) is 7. The highest BCUT2D eigenvalue weighted by Crippen LogP contribution is 2.25. The van der Waals surface area contributed by atoms with E-state index in [9.17, 15) is 13.2 Å². The van der Waals surface area contributed by atoms with Gasteiger partial charge in [0.2, 0.25) is 15.2 Å². The molecule has 162 valence electrons. The highest BCUT2D eigenvalue weighted by molar-refractivity contribution is 7.92. The summed E-state index contributed by atoms with van der Waals surface area (Å²) >= 11 is 7.04. The number of rotatable bonds is 7. The summed E-state index contributed by atoms with van der Waals surface area (Å²) in [5, 5.41) is 4.36. The van der Waals surface area contributed by atoms with Gasteiger partial charge in [0, 0.05) is 17.1 Å². The van der Waals surface area contributed by atoms with Gasteiger partial charge in [-0.15, -0.1) is 0 Å². The first-order valence-corrected chi connectivity index (χ1v) is 11.6. The maximum Gasteiger partial charge on any atom is 0.337 e. The summed E-state index contributed by atoms with van der Waals surface area (Å²) in [7, 11) is -2.36. The van der Waals surface area contributed by atoms with Crippen LogP contribution < -0.4 is 20.9 Å². The number of anilines is 2. The number of amides is 2. The van der Waals surface area contributed by atoms with Crippen molar-refractivity contribution in [2.24, 2.45) is 0 Å². The average molecular weight is 479 g/mol. The Morgan fingerprint density at radius 3 is 2.61 bits per heavy atom. The van der Waals surface area contributed by atoms with Crippen molar-refractivity contribution in [3.63, 3.8) is 0 Å². The lowest BCUT2D eigenvalue weighted by Gasteiger charge is -2.09. The number of aromatic nitrogens is 2. The molecule has 0 fully saturated rings. The number of nitrogens with zero attached hydrogens (tertiary/aromatic N) is 2. The predicted octanol–water partition coefficient (Wildman–Crippen LogP) is 3.59. The van der Waals surface area contributed by atoms with E-state index in [0.29, 0.717) is 21.8 Å². The van der Waals surface area contributed by atoms with Gasteiger partial charge in [-0.3, -0.25) is 5.43 Å². The maximum atomic E-state index is 12.2. The van der Waals surface area contributed by atoms with Crippen LogP contribution in [0.2, 0.25) is 5.02 Å². The monoisotopic (exact) mass is 478 g/mol. The normalized spacial score (nSPS) is 11.8. The molecule has 0 saturated heterocycles. The Labute approximate surface area is 188 Å². The number of carbonyl (C=O) groups is 1. The minimum absolute atomic E-state index is 0.196. The van der Waals surface area contributed by atoms with E-state index in [2.05, 4.69) is 30.2 Å². The van der Waals surface area contributed by atoms with Crippen LogP contribution in [-0.2, 0) is 10.0 Å². The summed E-state index contributed by atoms with van der Waals surface area (Å²) in [6.07, 6.45) is 0. The quantitative estimate of drug-likeness (QED) is 0.384. The minimum atomic E-state index is -3.67. The van der Waals surface area contributed by atoms with Gasteiger partial charge in [-0.25, -0.2) is 23.4 Å². The van der Waals surface area contributed by atoms with E-state index in [4.69, 9.17) is 11.6 Å². The van der Waals surface area contributed by atoms with Crippen LogP contribution in [0.3, 0.4) is 0 Å². The molecule has 2 aromatic carbocycles. The maximum absolute atomic E-state index is 12.2. The molecule has 0 radical (unpaired) electrons. The number of carbonyl (C=O) groups excluding carboxylic acids is 1. The Morgan fingerprint density at radius 1 is 1.16 bits per heavy atom. The topological polar surface area (TPSA) is 125 Å². The number of hydrazine groups is 1. The van der Waals surface area contributed by atoms with Crippen LogP contribution in [0, 0.1) is 6.92 Å². The summed E-state index contributed by atoms with van der Waals surface area (Å²) in [6, 6.07) is 13.6. The van der Waals surface area contributed by atoms with Crippen LogP contribution >= 0.6 is 23.1 Å². The van der Waals surface area contributed by atoms with Crippen LogP contribution in [0.5, 0.6) is 0 Å². The fraction of sp³-hybridized carbons (Fsp3) is 0.105. The molecular formula is C19H19ClN6O3S2. The molecule has 12 heteroatoms. The van der Waals surface area contributed by atoms with E-state index in [1.54, 1.807) is 36.4 Å². The molecule has 0 saturated carbocycles. The van der Waals surface area contributed by atoms with Crippen molar-refractivity contribution in [2.45, 2.75) is 6.92 Å². The van der Waals surface area contributed by atoms with E-state index < -0.39 is 16.1 Å². The first-order chi connectivity index (χ1) is 14.8. The molecule has 0 unspecified atom stereocenters. The minimum Gasteiger partial charge on any atom is -0.305 e. The van der Waals surface area contributed by atoms with Gasteiger partial charge in [0.1, 0.15) is 0 Å². The van der Waals surface area contributed by atoms with Crippen LogP contribution in [-0.4, -0.2) is 30.9 Å². The highest BCUT2D eigenvalue weighted by atomic mass is 35.5. The summed E-state index contributed by atoms with van der Waals surface area (Å²) in [6.45, 7) is 1.88. The van der Waals surface area contributed by atoms with Crippen molar-refractivity contribution in [1.29, 1.82) is 0 Å². The van der Waals surface area contributed by atoms with Gasteiger partial charge < -0.3 is 5.32 Å². The second-order valence-corrected chi connectivity index (χ2v) is 9.15. The fourth-order valence-corrected chi connectivity index (χ4v) is 3.83. The molecule has 0 aliphatic carbocycles. The van der Waals surface area contributed by atoms with Crippen LogP contribution in [0.15, 0.2) is 53.9 Å². The number of sulfonamides is 1. The van der Waals surface area contributed by atoms with Crippen molar-refractivity contribution in [3.05, 3.63) is 75.9 Å². The standard InChI is InChI=1S/C19H19ClN6O3S2/c1-12-8-9-15(20)16(10-12)22-18(27)24-25-19-23-17(26-30-19)14(11-31(28,29)21-2)13-6-4-3-5-7-13/h3-11,21H,1-2H3,(H2,22,24,27)(H,23,25,26)/b14-11+. The van der Waals surface area contributed by atoms with Gasteiger partial charge in [0.25, 0.3) is 0 Å². The van der Waals surface area contributed by atoms with Crippen molar-refractivity contribution < 1.29 is 13.2 Å². The number of nitrogens with one attached hydrogen (secondary N) is 4. The smallest absolute Gasteiger partial charge is 0.305 e. The van der Waals surface area contributed by atoms with Crippen molar-refractivity contribution in [3.8, 4) is 0 Å². The predicted molar refractivity (Wildman–Crippen MR) is 123 cm³/mol. The summed E-state index contributed by atoms with van der Waals surface area (Å²) in [4.78, 5) is 16.4. The number of halogens is 1. The molecule has 0 bridgehead atoms. The molecule has 3 aromatic rings. The van der Waals surface area contributed by atoms with Crippen molar-refractivity contribution in [1.82, 2.24) is 19.5 Å². The van der Waals surface area contributed by atoms with Crippen molar-refractivity contribution in [2.75, 3.05) is 17.8 Å². The number of urea groups is 1. The van der Waals surface area contributed by atoms with Gasteiger partial charge in [0.15, 0.2) is 5.82 Å². The Kier molecular flexibility index (Phi) is 7.23. The van der Waals surface area contributed by atoms with E-state index in [1.807, 2.05) is 19.1 Å². The first kappa shape index (κ1) is 22.7. The summed E-state index contributed by atoms with van der Waals surface area (Å²) in [5.41, 5.74) is 7.45. The third kappa shape index (κ3) is 6.25. The second-order valence-electron chi connectivity index (χ2n) is 6.26. The van der Waals surface area contributed by atoms with Crippen LogP contribution in [0.4, 0.5) is 15.6 Å². The molecule has 2 amide bonds. The Morgan fingerprint density at radius 2 is 1.90 bits per heavy atom. The van der Waals surface area contributed by atoms with Crippen LogP contribution in [0.1, 0.15) is 17.0 Å². The fourth-order valence-electron chi connectivity index (χ4n) is 2.46. The SMILES string of the molecule is CNS(=O)(=O)/C=C(\c1ccccc1)c1nsc(NNC(=O)Nc2cc(C)ccc2Cl)n1.